The molecule has 0 amide bonds. The minimum absolute atomic E-state index is 0.0325. The molecule has 29 heavy (non-hydrogen) atoms. The van der Waals surface area contributed by atoms with Crippen LogP contribution >= 0.6 is 0 Å². The van der Waals surface area contributed by atoms with Gasteiger partial charge >= 0.3 is 5.97 Å². The number of hydrogen-bond donors (Lipinski definition) is 1. The van der Waals surface area contributed by atoms with Crippen molar-refractivity contribution < 1.29 is 28.8 Å². The van der Waals surface area contributed by atoms with E-state index in [0.29, 0.717) is 18.0 Å². The van der Waals surface area contributed by atoms with E-state index in [4.69, 9.17) is 18.9 Å². The lowest BCUT2D eigenvalue weighted by Gasteiger charge is -2.46. The molecule has 0 fully saturated rings. The molecule has 2 aromatic carbocycles. The number of aliphatic carboxylic acids is 1. The van der Waals surface area contributed by atoms with Gasteiger partial charge in [0, 0.05) is 30.6 Å². The van der Waals surface area contributed by atoms with Gasteiger partial charge in [-0.05, 0) is 41.3 Å². The predicted molar refractivity (Wildman–Crippen MR) is 104 cm³/mol. The Morgan fingerprint density at radius 2 is 1.97 bits per heavy atom. The van der Waals surface area contributed by atoms with Gasteiger partial charge in [0.25, 0.3) is 0 Å². The maximum atomic E-state index is 11.8. The Balaban J connectivity index is 1.67. The van der Waals surface area contributed by atoms with Crippen LogP contribution in [0.3, 0.4) is 0 Å². The molecule has 0 spiro atoms. The highest BCUT2D eigenvalue weighted by atomic mass is 16.7. The topological polar surface area (TPSA) is 77.5 Å². The first-order valence-corrected chi connectivity index (χ1v) is 9.72. The van der Waals surface area contributed by atoms with Crippen LogP contribution in [0.15, 0.2) is 24.3 Å². The molecule has 152 valence electrons. The number of fused-ring (bicyclic) bond motifs is 5. The van der Waals surface area contributed by atoms with Crippen LogP contribution in [0.25, 0.3) is 0 Å². The van der Waals surface area contributed by atoms with Crippen molar-refractivity contribution in [2.24, 2.45) is 0 Å². The lowest BCUT2D eigenvalue weighted by atomic mass is 9.74. The quantitative estimate of drug-likeness (QED) is 0.849. The molecule has 7 heteroatoms. The van der Waals surface area contributed by atoms with Gasteiger partial charge in [0.05, 0.1) is 20.6 Å². The van der Waals surface area contributed by atoms with E-state index in [2.05, 4.69) is 11.0 Å². The molecule has 3 aliphatic heterocycles. The highest BCUT2D eigenvalue weighted by Crippen LogP contribution is 2.52. The minimum atomic E-state index is -0.814. The number of benzene rings is 2. The Hall–Kier alpha value is -2.93. The Kier molecular flexibility index (Phi) is 4.28. The molecular formula is C22H23NO6. The molecule has 2 aromatic rings. The largest absolute Gasteiger partial charge is 0.493 e. The van der Waals surface area contributed by atoms with Crippen molar-refractivity contribution in [2.75, 3.05) is 27.6 Å². The van der Waals surface area contributed by atoms with E-state index < -0.39 is 5.97 Å². The van der Waals surface area contributed by atoms with Crippen LogP contribution in [0.1, 0.15) is 40.6 Å². The van der Waals surface area contributed by atoms with Gasteiger partial charge in [0.1, 0.15) is 0 Å². The zero-order valence-electron chi connectivity index (χ0n) is 16.4. The van der Waals surface area contributed by atoms with Crippen molar-refractivity contribution in [3.8, 4) is 23.0 Å². The highest BCUT2D eigenvalue weighted by molar-refractivity contribution is 5.69. The number of carboxylic acids is 1. The van der Waals surface area contributed by atoms with Crippen molar-refractivity contribution in [3.63, 3.8) is 0 Å². The van der Waals surface area contributed by atoms with Crippen LogP contribution in [0, 0.1) is 0 Å². The van der Waals surface area contributed by atoms with Crippen LogP contribution in [0.5, 0.6) is 23.0 Å². The normalized spacial score (nSPS) is 21.7. The summed E-state index contributed by atoms with van der Waals surface area (Å²) in [4.78, 5) is 14.2. The lowest BCUT2D eigenvalue weighted by molar-refractivity contribution is -0.138. The van der Waals surface area contributed by atoms with Gasteiger partial charge in [-0.15, -0.1) is 0 Å². The molecule has 2 unspecified atom stereocenters. The van der Waals surface area contributed by atoms with Crippen LogP contribution in [0.4, 0.5) is 0 Å². The van der Waals surface area contributed by atoms with E-state index in [9.17, 15) is 9.90 Å². The van der Waals surface area contributed by atoms with Gasteiger partial charge < -0.3 is 24.1 Å². The molecular weight excluding hydrogens is 374 g/mol. The Morgan fingerprint density at radius 1 is 1.17 bits per heavy atom. The van der Waals surface area contributed by atoms with E-state index in [1.54, 1.807) is 14.2 Å². The maximum absolute atomic E-state index is 11.8. The van der Waals surface area contributed by atoms with Crippen LogP contribution < -0.4 is 18.9 Å². The second-order valence-corrected chi connectivity index (χ2v) is 7.64. The van der Waals surface area contributed by atoms with E-state index in [1.165, 1.54) is 5.56 Å². The van der Waals surface area contributed by atoms with E-state index >= 15 is 0 Å². The Labute approximate surface area is 168 Å². The molecule has 2 atom stereocenters. The van der Waals surface area contributed by atoms with Gasteiger partial charge in [0.15, 0.2) is 23.0 Å². The van der Waals surface area contributed by atoms with E-state index in [1.807, 2.05) is 18.2 Å². The van der Waals surface area contributed by atoms with Gasteiger partial charge in [0.2, 0.25) is 6.79 Å². The predicted octanol–water partition coefficient (Wildman–Crippen LogP) is 3.10. The van der Waals surface area contributed by atoms with Crippen LogP contribution in [0.2, 0.25) is 0 Å². The average Bonchev–Trinajstić information content (AvgIpc) is 3.17. The number of methoxy groups -OCH3 is 2. The van der Waals surface area contributed by atoms with Gasteiger partial charge in [-0.1, -0.05) is 6.07 Å². The molecule has 0 bridgehead atoms. The minimum Gasteiger partial charge on any atom is -0.493 e. The van der Waals surface area contributed by atoms with Crippen LogP contribution in [-0.4, -0.2) is 43.5 Å². The third kappa shape index (κ3) is 2.80. The number of nitrogens with zero attached hydrogens (tertiary/aromatic N) is 1. The second-order valence-electron chi connectivity index (χ2n) is 7.64. The number of hydrogen-bond acceptors (Lipinski definition) is 6. The summed E-state index contributed by atoms with van der Waals surface area (Å²) in [5.41, 5.74) is 4.36. The molecule has 0 saturated heterocycles. The number of carboxylic acid groups (broad SMARTS) is 1. The average molecular weight is 397 g/mol. The SMILES string of the molecule is COc1ccc2c(c1OC)CN1CCc3cc4c(cc3C1C2CC(=O)O)OCO4. The van der Waals surface area contributed by atoms with E-state index in [0.717, 1.165) is 41.2 Å². The highest BCUT2D eigenvalue weighted by Gasteiger charge is 2.42. The fourth-order valence-corrected chi connectivity index (χ4v) is 5.04. The molecule has 3 aliphatic rings. The summed E-state index contributed by atoms with van der Waals surface area (Å²) in [7, 11) is 3.24. The molecule has 0 aromatic heterocycles. The monoisotopic (exact) mass is 397 g/mol. The maximum Gasteiger partial charge on any atom is 0.304 e. The standard InChI is InChI=1S/C22H23NO6/c1-26-17-4-3-13-15(9-20(24)25)21-14-8-19-18(28-11-29-19)7-12(14)5-6-23(21)10-16(13)22(17)27-2/h3-4,7-8,15,21H,5-6,9-11H2,1-2H3,(H,24,25). The summed E-state index contributed by atoms with van der Waals surface area (Å²) in [6, 6.07) is 7.91. The smallest absolute Gasteiger partial charge is 0.304 e. The fraction of sp³-hybridized carbons (Fsp3) is 0.409. The van der Waals surface area contributed by atoms with Crippen LogP contribution in [-0.2, 0) is 17.8 Å². The van der Waals surface area contributed by atoms with Crippen molar-refractivity contribution in [3.05, 3.63) is 46.5 Å². The summed E-state index contributed by atoms with van der Waals surface area (Å²) in [5.74, 6) is 1.85. The summed E-state index contributed by atoms with van der Waals surface area (Å²) in [6.07, 6.45) is 0.918. The van der Waals surface area contributed by atoms with Crippen molar-refractivity contribution in [1.29, 1.82) is 0 Å². The first-order valence-electron chi connectivity index (χ1n) is 9.72. The van der Waals surface area contributed by atoms with Gasteiger partial charge in [-0.2, -0.15) is 0 Å². The fourth-order valence-electron chi connectivity index (χ4n) is 5.04. The lowest BCUT2D eigenvalue weighted by Crippen LogP contribution is -2.42. The molecule has 3 heterocycles. The molecule has 1 N–H and O–H groups in total. The van der Waals surface area contributed by atoms with E-state index in [-0.39, 0.29) is 25.2 Å². The van der Waals surface area contributed by atoms with Crippen molar-refractivity contribution >= 4 is 5.97 Å². The zero-order valence-corrected chi connectivity index (χ0v) is 16.4. The first kappa shape index (κ1) is 18.1. The summed E-state index contributed by atoms with van der Waals surface area (Å²) >= 11 is 0. The Bertz CT molecular complexity index is 988. The van der Waals surface area contributed by atoms with Crippen molar-refractivity contribution in [2.45, 2.75) is 31.3 Å². The number of ether oxygens (including phenoxy) is 4. The summed E-state index contributed by atoms with van der Waals surface area (Å²) in [6.45, 7) is 1.75. The first-order chi connectivity index (χ1) is 14.1. The molecule has 0 aliphatic carbocycles. The summed E-state index contributed by atoms with van der Waals surface area (Å²) in [5, 5.41) is 9.69. The summed E-state index contributed by atoms with van der Waals surface area (Å²) < 4.78 is 22.3. The molecule has 5 rings (SSSR count). The molecule has 7 nitrogen and oxygen atoms in total. The van der Waals surface area contributed by atoms with Crippen molar-refractivity contribution in [1.82, 2.24) is 4.90 Å². The number of rotatable bonds is 4. The van der Waals surface area contributed by atoms with Gasteiger partial charge in [-0.25, -0.2) is 0 Å². The number of carbonyl (C=O) groups is 1. The molecule has 0 saturated carbocycles. The zero-order chi connectivity index (χ0) is 20.1. The van der Waals surface area contributed by atoms with Gasteiger partial charge in [-0.3, -0.25) is 9.69 Å². The third-order valence-electron chi connectivity index (χ3n) is 6.24. The second kappa shape index (κ2) is 6.84. The molecule has 0 radical (unpaired) electrons. The third-order valence-corrected chi connectivity index (χ3v) is 6.24. The Morgan fingerprint density at radius 3 is 2.69 bits per heavy atom.